The van der Waals surface area contributed by atoms with Crippen LogP contribution in [0.15, 0.2) is 24.3 Å². The Bertz CT molecular complexity index is 392. The Morgan fingerprint density at radius 2 is 2.00 bits per heavy atom. The zero-order valence-corrected chi connectivity index (χ0v) is 12.7. The molecule has 106 valence electrons. The SMILES string of the molecule is CC1(C)CCN(CCOc2ccc(N)cc2)CCS1. The van der Waals surface area contributed by atoms with Crippen LogP contribution in [0.3, 0.4) is 0 Å². The molecule has 0 aromatic heterocycles. The fraction of sp³-hybridized carbons (Fsp3) is 0.600. The number of hydrogen-bond donors (Lipinski definition) is 1. The number of ether oxygens (including phenoxy) is 1. The molecule has 0 spiro atoms. The van der Waals surface area contributed by atoms with Gasteiger partial charge in [0.25, 0.3) is 0 Å². The van der Waals surface area contributed by atoms with Crippen LogP contribution >= 0.6 is 11.8 Å². The standard InChI is InChI=1S/C15H24N2OS/c1-15(2)7-8-17(10-12-19-15)9-11-18-14-5-3-13(16)4-6-14/h3-6H,7-12,16H2,1-2H3. The van der Waals surface area contributed by atoms with Crippen molar-refractivity contribution in [2.75, 3.05) is 37.7 Å². The number of nitrogens with zero attached hydrogens (tertiary/aromatic N) is 1. The van der Waals surface area contributed by atoms with Gasteiger partial charge in [0, 0.05) is 29.3 Å². The summed E-state index contributed by atoms with van der Waals surface area (Å²) in [5.74, 6) is 2.12. The normalized spacial score (nSPS) is 19.9. The van der Waals surface area contributed by atoms with E-state index >= 15 is 0 Å². The Balaban J connectivity index is 1.72. The monoisotopic (exact) mass is 280 g/mol. The lowest BCUT2D eigenvalue weighted by Crippen LogP contribution is -2.31. The topological polar surface area (TPSA) is 38.5 Å². The number of rotatable bonds is 4. The molecule has 1 heterocycles. The van der Waals surface area contributed by atoms with E-state index in [9.17, 15) is 0 Å². The van der Waals surface area contributed by atoms with Crippen molar-refractivity contribution in [1.29, 1.82) is 0 Å². The zero-order valence-electron chi connectivity index (χ0n) is 11.9. The van der Waals surface area contributed by atoms with Crippen LogP contribution in [0.25, 0.3) is 0 Å². The highest BCUT2D eigenvalue weighted by molar-refractivity contribution is 8.00. The van der Waals surface area contributed by atoms with Gasteiger partial charge in [0.05, 0.1) is 0 Å². The van der Waals surface area contributed by atoms with E-state index in [0.29, 0.717) is 4.75 Å². The van der Waals surface area contributed by atoms with Gasteiger partial charge in [0.15, 0.2) is 0 Å². The largest absolute Gasteiger partial charge is 0.492 e. The van der Waals surface area contributed by atoms with Crippen molar-refractivity contribution >= 4 is 17.4 Å². The molecule has 4 heteroatoms. The molecule has 1 fully saturated rings. The number of hydrogen-bond acceptors (Lipinski definition) is 4. The molecule has 1 aliphatic rings. The van der Waals surface area contributed by atoms with Crippen molar-refractivity contribution in [2.24, 2.45) is 0 Å². The first-order valence-corrected chi connectivity index (χ1v) is 7.88. The van der Waals surface area contributed by atoms with Gasteiger partial charge < -0.3 is 10.5 Å². The number of nitrogen functional groups attached to an aromatic ring is 1. The first kappa shape index (κ1) is 14.5. The van der Waals surface area contributed by atoms with Crippen LogP contribution in [0.5, 0.6) is 5.75 Å². The van der Waals surface area contributed by atoms with E-state index in [1.807, 2.05) is 24.3 Å². The minimum absolute atomic E-state index is 0.423. The third-order valence-electron chi connectivity index (χ3n) is 3.49. The van der Waals surface area contributed by atoms with Crippen molar-refractivity contribution in [2.45, 2.75) is 25.0 Å². The third-order valence-corrected chi connectivity index (χ3v) is 4.86. The fourth-order valence-corrected chi connectivity index (χ4v) is 3.28. The summed E-state index contributed by atoms with van der Waals surface area (Å²) in [6, 6.07) is 7.61. The Labute approximate surface area is 120 Å². The summed E-state index contributed by atoms with van der Waals surface area (Å²) >= 11 is 2.08. The number of anilines is 1. The molecule has 2 N–H and O–H groups in total. The molecule has 0 amide bonds. The second kappa shape index (κ2) is 6.53. The second-order valence-corrected chi connectivity index (χ2v) is 7.42. The van der Waals surface area contributed by atoms with Crippen molar-refractivity contribution in [3.05, 3.63) is 24.3 Å². The average molecular weight is 280 g/mol. The molecule has 1 saturated heterocycles. The predicted molar refractivity (Wildman–Crippen MR) is 83.9 cm³/mol. The number of nitrogens with two attached hydrogens (primary N) is 1. The van der Waals surface area contributed by atoms with Gasteiger partial charge in [0.2, 0.25) is 0 Å². The van der Waals surface area contributed by atoms with Gasteiger partial charge in [0.1, 0.15) is 12.4 Å². The summed E-state index contributed by atoms with van der Waals surface area (Å²) in [7, 11) is 0. The van der Waals surface area contributed by atoms with Crippen LogP contribution in [0.1, 0.15) is 20.3 Å². The van der Waals surface area contributed by atoms with Gasteiger partial charge in [-0.2, -0.15) is 11.8 Å². The molecular formula is C15H24N2OS. The lowest BCUT2D eigenvalue weighted by Gasteiger charge is -2.22. The third kappa shape index (κ3) is 4.96. The maximum absolute atomic E-state index is 5.75. The highest BCUT2D eigenvalue weighted by Crippen LogP contribution is 2.30. The van der Waals surface area contributed by atoms with Gasteiger partial charge in [-0.1, -0.05) is 13.8 Å². The molecule has 2 rings (SSSR count). The zero-order chi connectivity index (χ0) is 13.7. The van der Waals surface area contributed by atoms with Crippen LogP contribution in [-0.4, -0.2) is 41.6 Å². The van der Waals surface area contributed by atoms with Gasteiger partial charge in [-0.05, 0) is 37.2 Å². The van der Waals surface area contributed by atoms with E-state index in [1.54, 1.807) is 0 Å². The number of benzene rings is 1. The molecule has 0 radical (unpaired) electrons. The van der Waals surface area contributed by atoms with E-state index in [2.05, 4.69) is 30.5 Å². The maximum atomic E-state index is 5.75. The summed E-state index contributed by atoms with van der Waals surface area (Å²) in [6.07, 6.45) is 1.25. The van der Waals surface area contributed by atoms with Gasteiger partial charge in [-0.25, -0.2) is 0 Å². The van der Waals surface area contributed by atoms with Crippen molar-refractivity contribution in [3.8, 4) is 5.75 Å². The van der Waals surface area contributed by atoms with E-state index < -0.39 is 0 Å². The van der Waals surface area contributed by atoms with Gasteiger partial charge in [-0.3, -0.25) is 4.90 Å². The van der Waals surface area contributed by atoms with E-state index in [4.69, 9.17) is 10.5 Å². The van der Waals surface area contributed by atoms with E-state index in [-0.39, 0.29) is 0 Å². The van der Waals surface area contributed by atoms with Crippen molar-refractivity contribution < 1.29 is 4.74 Å². The minimum atomic E-state index is 0.423. The maximum Gasteiger partial charge on any atom is 0.119 e. The summed E-state index contributed by atoms with van der Waals surface area (Å²) in [4.78, 5) is 2.50. The minimum Gasteiger partial charge on any atom is -0.492 e. The van der Waals surface area contributed by atoms with Crippen LogP contribution in [0.2, 0.25) is 0 Å². The summed E-state index contributed by atoms with van der Waals surface area (Å²) in [5, 5.41) is 0. The molecule has 0 atom stereocenters. The second-order valence-electron chi connectivity index (χ2n) is 5.62. The molecular weight excluding hydrogens is 256 g/mol. The molecule has 19 heavy (non-hydrogen) atoms. The molecule has 0 saturated carbocycles. The molecule has 0 unspecified atom stereocenters. The van der Waals surface area contributed by atoms with Gasteiger partial charge >= 0.3 is 0 Å². The summed E-state index contributed by atoms with van der Waals surface area (Å²) in [6.45, 7) is 8.76. The highest BCUT2D eigenvalue weighted by atomic mass is 32.2. The first-order chi connectivity index (χ1) is 9.05. The van der Waals surface area contributed by atoms with Crippen LogP contribution < -0.4 is 10.5 Å². The predicted octanol–water partition coefficient (Wildman–Crippen LogP) is 2.87. The highest BCUT2D eigenvalue weighted by Gasteiger charge is 2.23. The molecule has 1 aromatic carbocycles. The Morgan fingerprint density at radius 3 is 2.74 bits per heavy atom. The Hall–Kier alpha value is -0.870. The molecule has 1 aliphatic heterocycles. The molecule has 0 aliphatic carbocycles. The van der Waals surface area contributed by atoms with Gasteiger partial charge in [-0.15, -0.1) is 0 Å². The van der Waals surface area contributed by atoms with Crippen LogP contribution in [-0.2, 0) is 0 Å². The summed E-state index contributed by atoms with van der Waals surface area (Å²) < 4.78 is 6.18. The van der Waals surface area contributed by atoms with Crippen molar-refractivity contribution in [1.82, 2.24) is 4.90 Å². The number of thioether (sulfide) groups is 1. The Kier molecular flexibility index (Phi) is 4.99. The Morgan fingerprint density at radius 1 is 1.26 bits per heavy atom. The fourth-order valence-electron chi connectivity index (χ4n) is 2.14. The lowest BCUT2D eigenvalue weighted by molar-refractivity contribution is 0.214. The van der Waals surface area contributed by atoms with E-state index in [1.165, 1.54) is 25.3 Å². The van der Waals surface area contributed by atoms with Crippen LogP contribution in [0.4, 0.5) is 5.69 Å². The summed E-state index contributed by atoms with van der Waals surface area (Å²) in [5.41, 5.74) is 6.43. The molecule has 0 bridgehead atoms. The van der Waals surface area contributed by atoms with E-state index in [0.717, 1.165) is 24.6 Å². The average Bonchev–Trinajstić information content (AvgIpc) is 2.53. The molecule has 3 nitrogen and oxygen atoms in total. The van der Waals surface area contributed by atoms with Crippen LogP contribution in [0, 0.1) is 0 Å². The van der Waals surface area contributed by atoms with Crippen molar-refractivity contribution in [3.63, 3.8) is 0 Å². The molecule has 1 aromatic rings. The lowest BCUT2D eigenvalue weighted by atomic mass is 10.1. The smallest absolute Gasteiger partial charge is 0.119 e. The first-order valence-electron chi connectivity index (χ1n) is 6.90. The quantitative estimate of drug-likeness (QED) is 0.861.